The normalized spacial score (nSPS) is 14.2. The first kappa shape index (κ1) is 20.0. The third-order valence-electron chi connectivity index (χ3n) is 4.06. The number of aliphatic imine (C=N–C) groups is 1. The van der Waals surface area contributed by atoms with E-state index < -0.39 is 5.97 Å². The molecule has 0 unspecified atom stereocenters. The van der Waals surface area contributed by atoms with Gasteiger partial charge in [0.1, 0.15) is 12.4 Å². The Bertz CT molecular complexity index is 968. The molecule has 0 N–H and O–H groups in total. The van der Waals surface area contributed by atoms with Gasteiger partial charge < -0.3 is 23.7 Å². The summed E-state index contributed by atoms with van der Waals surface area (Å²) in [4.78, 5) is 16.6. The number of carbonyl (C=O) groups is 1. The van der Waals surface area contributed by atoms with Crippen LogP contribution in [0.5, 0.6) is 23.0 Å². The summed E-state index contributed by atoms with van der Waals surface area (Å²) in [7, 11) is 4.54. The molecule has 7 nitrogen and oxygen atoms in total. The summed E-state index contributed by atoms with van der Waals surface area (Å²) in [6.07, 6.45) is 3.29. The lowest BCUT2D eigenvalue weighted by atomic mass is 10.1. The van der Waals surface area contributed by atoms with Crippen LogP contribution in [0.2, 0.25) is 0 Å². The Morgan fingerprint density at radius 2 is 1.79 bits per heavy atom. The number of rotatable bonds is 8. The van der Waals surface area contributed by atoms with E-state index in [4.69, 9.17) is 23.7 Å². The second-order valence-corrected chi connectivity index (χ2v) is 5.92. The molecule has 0 fully saturated rings. The number of carbonyl (C=O) groups excluding carboxylic acids is 1. The standard InChI is InChI=1S/C22H21NO6/c1-5-9-28-16-8-6-7-14(10-16)11-17-22(24)29-21(23-17)15-12-18(25-2)20(27-4)19(13-15)26-3/h5-8,10-13H,1,9H2,2-4H3/b17-11-. The summed E-state index contributed by atoms with van der Waals surface area (Å²) in [5.41, 5.74) is 1.46. The largest absolute Gasteiger partial charge is 0.493 e. The van der Waals surface area contributed by atoms with Crippen LogP contribution in [0.15, 0.2) is 59.7 Å². The lowest BCUT2D eigenvalue weighted by Crippen LogP contribution is -2.06. The smallest absolute Gasteiger partial charge is 0.363 e. The van der Waals surface area contributed by atoms with Crippen LogP contribution in [0.4, 0.5) is 0 Å². The summed E-state index contributed by atoms with van der Waals surface area (Å²) in [6, 6.07) is 10.6. The van der Waals surface area contributed by atoms with Crippen LogP contribution in [0.1, 0.15) is 11.1 Å². The van der Waals surface area contributed by atoms with Gasteiger partial charge in [0.05, 0.1) is 21.3 Å². The second-order valence-electron chi connectivity index (χ2n) is 5.92. The number of hydrogen-bond donors (Lipinski definition) is 0. The third-order valence-corrected chi connectivity index (χ3v) is 4.06. The molecule has 0 aliphatic carbocycles. The maximum absolute atomic E-state index is 12.3. The molecule has 0 saturated carbocycles. The van der Waals surface area contributed by atoms with Crippen LogP contribution in [0.3, 0.4) is 0 Å². The number of benzene rings is 2. The number of nitrogens with zero attached hydrogens (tertiary/aromatic N) is 1. The maximum Gasteiger partial charge on any atom is 0.363 e. The number of methoxy groups -OCH3 is 3. The molecule has 0 radical (unpaired) electrons. The van der Waals surface area contributed by atoms with Crippen molar-refractivity contribution in [1.29, 1.82) is 0 Å². The molecule has 0 saturated heterocycles. The van der Waals surface area contributed by atoms with Crippen molar-refractivity contribution in [2.24, 2.45) is 4.99 Å². The SMILES string of the molecule is C=CCOc1cccc(/C=C2\N=C(c3cc(OC)c(OC)c(OC)c3)OC2=O)c1. The maximum atomic E-state index is 12.3. The van der Waals surface area contributed by atoms with Gasteiger partial charge in [0, 0.05) is 5.56 Å². The molecule has 2 aromatic rings. The van der Waals surface area contributed by atoms with Gasteiger partial charge in [0.2, 0.25) is 11.6 Å². The fraction of sp³-hybridized carbons (Fsp3) is 0.182. The zero-order valence-electron chi connectivity index (χ0n) is 16.4. The summed E-state index contributed by atoms with van der Waals surface area (Å²) in [5.74, 6) is 1.58. The molecule has 1 heterocycles. The van der Waals surface area contributed by atoms with Crippen LogP contribution in [0.25, 0.3) is 6.08 Å². The van der Waals surface area contributed by atoms with E-state index in [1.165, 1.54) is 21.3 Å². The number of hydrogen-bond acceptors (Lipinski definition) is 7. The number of ether oxygens (including phenoxy) is 5. The van der Waals surface area contributed by atoms with Crippen molar-refractivity contribution in [3.8, 4) is 23.0 Å². The van der Waals surface area contributed by atoms with Gasteiger partial charge in [-0.05, 0) is 35.9 Å². The van der Waals surface area contributed by atoms with Gasteiger partial charge in [-0.1, -0.05) is 24.8 Å². The highest BCUT2D eigenvalue weighted by Crippen LogP contribution is 2.39. The molecule has 0 atom stereocenters. The Hall–Kier alpha value is -3.74. The summed E-state index contributed by atoms with van der Waals surface area (Å²) >= 11 is 0. The molecular formula is C22H21NO6. The molecule has 0 bridgehead atoms. The van der Waals surface area contributed by atoms with Crippen LogP contribution in [-0.4, -0.2) is 39.8 Å². The predicted octanol–water partition coefficient (Wildman–Crippen LogP) is 3.62. The zero-order chi connectivity index (χ0) is 20.8. The molecule has 150 valence electrons. The van der Waals surface area contributed by atoms with Crippen LogP contribution >= 0.6 is 0 Å². The number of esters is 1. The topological polar surface area (TPSA) is 75.6 Å². The van der Waals surface area contributed by atoms with Crippen molar-refractivity contribution in [2.75, 3.05) is 27.9 Å². The van der Waals surface area contributed by atoms with Crippen LogP contribution in [-0.2, 0) is 9.53 Å². The molecule has 7 heteroatoms. The Balaban J connectivity index is 1.94. The van der Waals surface area contributed by atoms with Gasteiger partial charge in [0.25, 0.3) is 0 Å². The van der Waals surface area contributed by atoms with E-state index in [2.05, 4.69) is 11.6 Å². The van der Waals surface area contributed by atoms with Gasteiger partial charge in [-0.25, -0.2) is 9.79 Å². The molecule has 1 aliphatic heterocycles. The molecule has 3 rings (SSSR count). The Kier molecular flexibility index (Phi) is 6.19. The highest BCUT2D eigenvalue weighted by atomic mass is 16.6. The molecule has 2 aromatic carbocycles. The lowest BCUT2D eigenvalue weighted by molar-refractivity contribution is -0.129. The van der Waals surface area contributed by atoms with Gasteiger partial charge in [-0.3, -0.25) is 0 Å². The fourth-order valence-electron chi connectivity index (χ4n) is 2.74. The van der Waals surface area contributed by atoms with Crippen molar-refractivity contribution >= 4 is 17.9 Å². The Morgan fingerprint density at radius 3 is 2.41 bits per heavy atom. The van der Waals surface area contributed by atoms with Gasteiger partial charge in [-0.2, -0.15) is 0 Å². The summed E-state index contributed by atoms with van der Waals surface area (Å²) in [6.45, 7) is 4.02. The summed E-state index contributed by atoms with van der Waals surface area (Å²) in [5, 5.41) is 0. The van der Waals surface area contributed by atoms with Gasteiger partial charge in [-0.15, -0.1) is 0 Å². The second kappa shape index (κ2) is 8.97. The van der Waals surface area contributed by atoms with E-state index in [-0.39, 0.29) is 11.6 Å². The first-order chi connectivity index (χ1) is 14.1. The highest BCUT2D eigenvalue weighted by Gasteiger charge is 2.26. The average molecular weight is 395 g/mol. The molecular weight excluding hydrogens is 374 g/mol. The monoisotopic (exact) mass is 395 g/mol. The Morgan fingerprint density at radius 1 is 1.07 bits per heavy atom. The van der Waals surface area contributed by atoms with Gasteiger partial charge >= 0.3 is 5.97 Å². The Labute approximate surface area is 168 Å². The van der Waals surface area contributed by atoms with E-state index in [0.717, 1.165) is 5.56 Å². The van der Waals surface area contributed by atoms with Gasteiger partial charge in [0.15, 0.2) is 17.2 Å². The van der Waals surface area contributed by atoms with Crippen molar-refractivity contribution in [3.63, 3.8) is 0 Å². The van der Waals surface area contributed by atoms with E-state index >= 15 is 0 Å². The first-order valence-corrected chi connectivity index (χ1v) is 8.76. The van der Waals surface area contributed by atoms with E-state index in [1.807, 2.05) is 18.2 Å². The third kappa shape index (κ3) is 4.40. The molecule has 29 heavy (non-hydrogen) atoms. The van der Waals surface area contributed by atoms with Crippen molar-refractivity contribution in [2.45, 2.75) is 0 Å². The molecule has 0 amide bonds. The van der Waals surface area contributed by atoms with Crippen molar-refractivity contribution < 1.29 is 28.5 Å². The van der Waals surface area contributed by atoms with Crippen molar-refractivity contribution in [3.05, 3.63) is 65.9 Å². The van der Waals surface area contributed by atoms with E-state index in [9.17, 15) is 4.79 Å². The molecule has 1 aliphatic rings. The van der Waals surface area contributed by atoms with Crippen LogP contribution < -0.4 is 18.9 Å². The predicted molar refractivity (Wildman–Crippen MR) is 109 cm³/mol. The lowest BCUT2D eigenvalue weighted by Gasteiger charge is -2.13. The molecule has 0 aromatic heterocycles. The minimum Gasteiger partial charge on any atom is -0.493 e. The quantitative estimate of drug-likeness (QED) is 0.386. The zero-order valence-corrected chi connectivity index (χ0v) is 16.4. The van der Waals surface area contributed by atoms with E-state index in [0.29, 0.717) is 35.2 Å². The number of cyclic esters (lactones) is 1. The highest BCUT2D eigenvalue weighted by molar-refractivity contribution is 6.13. The van der Waals surface area contributed by atoms with Crippen LogP contribution in [0, 0.1) is 0 Å². The first-order valence-electron chi connectivity index (χ1n) is 8.76. The molecule has 0 spiro atoms. The minimum atomic E-state index is -0.550. The van der Waals surface area contributed by atoms with Crippen molar-refractivity contribution in [1.82, 2.24) is 0 Å². The fourth-order valence-corrected chi connectivity index (χ4v) is 2.74. The average Bonchev–Trinajstić information content (AvgIpc) is 3.11. The van der Waals surface area contributed by atoms with E-state index in [1.54, 1.807) is 30.4 Å². The minimum absolute atomic E-state index is 0.152. The summed E-state index contributed by atoms with van der Waals surface area (Å²) < 4.78 is 26.8.